The van der Waals surface area contributed by atoms with Gasteiger partial charge in [0.1, 0.15) is 17.1 Å². The lowest BCUT2D eigenvalue weighted by Gasteiger charge is -2.10. The van der Waals surface area contributed by atoms with Crippen LogP contribution in [0.25, 0.3) is 0 Å². The van der Waals surface area contributed by atoms with E-state index in [1.807, 2.05) is 0 Å². The smallest absolute Gasteiger partial charge is 0.293 e. The van der Waals surface area contributed by atoms with Crippen molar-refractivity contribution < 1.29 is 18.8 Å². The second kappa shape index (κ2) is 6.49. The minimum absolute atomic E-state index is 0.342. The van der Waals surface area contributed by atoms with Gasteiger partial charge >= 0.3 is 0 Å². The third kappa shape index (κ3) is 3.46. The normalized spacial score (nSPS) is 17.7. The number of nitrogens with one attached hydrogen (secondary N) is 1. The van der Waals surface area contributed by atoms with Crippen LogP contribution < -0.4 is 11.1 Å². The second-order valence-corrected chi connectivity index (χ2v) is 4.89. The molecule has 0 aliphatic carbocycles. The lowest BCUT2D eigenvalue weighted by atomic mass is 10.1. The standard InChI is InChI=1S/C13H16FN3O4/c14-9-1-2-10(17(19)20)12(15)11(9)13(18)16-5-3-8-4-6-21-7-8/h1-2,8H,3-7,15H2,(H,16,18). The Kier molecular flexibility index (Phi) is 4.69. The molecular formula is C13H16FN3O4. The Balaban J connectivity index is 2.04. The van der Waals surface area contributed by atoms with Crippen molar-refractivity contribution in [3.8, 4) is 0 Å². The predicted octanol–water partition coefficient (Wildman–Crippen LogP) is 1.47. The number of amides is 1. The molecule has 1 heterocycles. The molecule has 3 N–H and O–H groups in total. The molecule has 8 heteroatoms. The van der Waals surface area contributed by atoms with Crippen molar-refractivity contribution in [1.82, 2.24) is 5.32 Å². The van der Waals surface area contributed by atoms with E-state index < -0.39 is 33.6 Å². The number of ether oxygens (including phenoxy) is 1. The highest BCUT2D eigenvalue weighted by Crippen LogP contribution is 2.27. The van der Waals surface area contributed by atoms with Gasteiger partial charge in [-0.2, -0.15) is 0 Å². The first-order valence-corrected chi connectivity index (χ1v) is 6.59. The van der Waals surface area contributed by atoms with Gasteiger partial charge in [-0.05, 0) is 24.8 Å². The molecule has 2 rings (SSSR count). The van der Waals surface area contributed by atoms with Gasteiger partial charge < -0.3 is 15.8 Å². The summed E-state index contributed by atoms with van der Waals surface area (Å²) in [5.74, 6) is -1.25. The zero-order chi connectivity index (χ0) is 15.4. The summed E-state index contributed by atoms with van der Waals surface area (Å²) in [5.41, 5.74) is 4.10. The number of nitrogen functional groups attached to an aromatic ring is 1. The quantitative estimate of drug-likeness (QED) is 0.486. The highest BCUT2D eigenvalue weighted by Gasteiger charge is 2.24. The Bertz CT molecular complexity index is 559. The number of benzene rings is 1. The van der Waals surface area contributed by atoms with E-state index in [1.165, 1.54) is 0 Å². The summed E-state index contributed by atoms with van der Waals surface area (Å²) in [5, 5.41) is 13.3. The summed E-state index contributed by atoms with van der Waals surface area (Å²) in [4.78, 5) is 22.0. The molecule has 0 spiro atoms. The largest absolute Gasteiger partial charge is 0.392 e. The number of anilines is 1. The number of carbonyl (C=O) groups excluding carboxylic acids is 1. The Morgan fingerprint density at radius 1 is 1.57 bits per heavy atom. The molecule has 1 unspecified atom stereocenters. The van der Waals surface area contributed by atoms with Crippen LogP contribution in [0.4, 0.5) is 15.8 Å². The lowest BCUT2D eigenvalue weighted by molar-refractivity contribution is -0.384. The summed E-state index contributed by atoms with van der Waals surface area (Å²) >= 11 is 0. The van der Waals surface area contributed by atoms with Crippen LogP contribution in [0.2, 0.25) is 0 Å². The molecule has 1 saturated heterocycles. The first-order chi connectivity index (χ1) is 10.0. The predicted molar refractivity (Wildman–Crippen MR) is 73.3 cm³/mol. The van der Waals surface area contributed by atoms with Gasteiger partial charge in [-0.25, -0.2) is 4.39 Å². The first-order valence-electron chi connectivity index (χ1n) is 6.59. The molecule has 1 fully saturated rings. The second-order valence-electron chi connectivity index (χ2n) is 4.89. The molecule has 0 saturated carbocycles. The Labute approximate surface area is 120 Å². The van der Waals surface area contributed by atoms with Crippen LogP contribution in [-0.4, -0.2) is 30.6 Å². The number of nitrogens with two attached hydrogens (primary N) is 1. The highest BCUT2D eigenvalue weighted by atomic mass is 19.1. The number of nitrogens with zero attached hydrogens (tertiary/aromatic N) is 1. The minimum Gasteiger partial charge on any atom is -0.392 e. The number of carbonyl (C=O) groups is 1. The van der Waals surface area contributed by atoms with Crippen molar-refractivity contribution >= 4 is 17.3 Å². The van der Waals surface area contributed by atoms with Crippen LogP contribution in [0.5, 0.6) is 0 Å². The van der Waals surface area contributed by atoms with Gasteiger partial charge in [-0.15, -0.1) is 0 Å². The molecule has 0 bridgehead atoms. The molecule has 1 amide bonds. The monoisotopic (exact) mass is 297 g/mol. The van der Waals surface area contributed by atoms with Gasteiger partial charge in [0.15, 0.2) is 0 Å². The van der Waals surface area contributed by atoms with Crippen LogP contribution in [0.1, 0.15) is 23.2 Å². The van der Waals surface area contributed by atoms with Crippen LogP contribution in [0.15, 0.2) is 12.1 Å². The number of rotatable bonds is 5. The fourth-order valence-corrected chi connectivity index (χ4v) is 2.26. The molecule has 114 valence electrons. The van der Waals surface area contributed by atoms with E-state index >= 15 is 0 Å². The van der Waals surface area contributed by atoms with Crippen LogP contribution in [-0.2, 0) is 4.74 Å². The number of nitro benzene ring substituents is 1. The SMILES string of the molecule is Nc1c([N+](=O)[O-])ccc(F)c1C(=O)NCCC1CCOC1. The lowest BCUT2D eigenvalue weighted by Crippen LogP contribution is -2.28. The summed E-state index contributed by atoms with van der Waals surface area (Å²) in [6.45, 7) is 1.71. The summed E-state index contributed by atoms with van der Waals surface area (Å²) < 4.78 is 18.9. The molecule has 0 radical (unpaired) electrons. The van der Waals surface area contributed by atoms with E-state index in [-0.39, 0.29) is 0 Å². The fraction of sp³-hybridized carbons (Fsp3) is 0.462. The van der Waals surface area contributed by atoms with E-state index in [9.17, 15) is 19.3 Å². The van der Waals surface area contributed by atoms with Crippen LogP contribution in [0, 0.1) is 21.8 Å². The third-order valence-corrected chi connectivity index (χ3v) is 3.46. The van der Waals surface area contributed by atoms with E-state index in [1.54, 1.807) is 0 Å². The molecule has 1 atom stereocenters. The van der Waals surface area contributed by atoms with Gasteiger partial charge in [0.05, 0.1) is 4.92 Å². The van der Waals surface area contributed by atoms with Crippen molar-refractivity contribution in [2.45, 2.75) is 12.8 Å². The Hall–Kier alpha value is -2.22. The maximum Gasteiger partial charge on any atom is 0.293 e. The number of hydrogen-bond donors (Lipinski definition) is 2. The number of hydrogen-bond acceptors (Lipinski definition) is 5. The summed E-state index contributed by atoms with van der Waals surface area (Å²) in [7, 11) is 0. The maximum atomic E-state index is 13.7. The average molecular weight is 297 g/mol. The van der Waals surface area contributed by atoms with E-state index in [2.05, 4.69) is 5.32 Å². The van der Waals surface area contributed by atoms with Crippen LogP contribution in [0.3, 0.4) is 0 Å². The molecule has 1 aliphatic rings. The first kappa shape index (κ1) is 15.2. The third-order valence-electron chi connectivity index (χ3n) is 3.46. The molecule has 0 aromatic heterocycles. The topological polar surface area (TPSA) is 107 Å². The van der Waals surface area contributed by atoms with Crippen molar-refractivity contribution in [3.63, 3.8) is 0 Å². The Morgan fingerprint density at radius 2 is 2.33 bits per heavy atom. The molecule has 1 aromatic rings. The molecule has 7 nitrogen and oxygen atoms in total. The zero-order valence-electron chi connectivity index (χ0n) is 11.3. The zero-order valence-corrected chi connectivity index (χ0v) is 11.3. The van der Waals surface area contributed by atoms with Gasteiger partial charge in [0, 0.05) is 25.8 Å². The van der Waals surface area contributed by atoms with Gasteiger partial charge in [-0.1, -0.05) is 0 Å². The van der Waals surface area contributed by atoms with E-state index in [0.29, 0.717) is 32.1 Å². The van der Waals surface area contributed by atoms with Crippen molar-refractivity contribution in [2.75, 3.05) is 25.5 Å². The van der Waals surface area contributed by atoms with Gasteiger partial charge in [-0.3, -0.25) is 14.9 Å². The molecule has 1 aliphatic heterocycles. The van der Waals surface area contributed by atoms with Crippen molar-refractivity contribution in [2.24, 2.45) is 5.92 Å². The van der Waals surface area contributed by atoms with Gasteiger partial charge in [0.25, 0.3) is 11.6 Å². The van der Waals surface area contributed by atoms with E-state index in [4.69, 9.17) is 10.5 Å². The van der Waals surface area contributed by atoms with Crippen molar-refractivity contribution in [3.05, 3.63) is 33.6 Å². The highest BCUT2D eigenvalue weighted by molar-refractivity contribution is 6.01. The maximum absolute atomic E-state index is 13.7. The van der Waals surface area contributed by atoms with E-state index in [0.717, 1.165) is 18.6 Å². The summed E-state index contributed by atoms with van der Waals surface area (Å²) in [6.07, 6.45) is 1.64. The Morgan fingerprint density at radius 3 is 2.95 bits per heavy atom. The van der Waals surface area contributed by atoms with Gasteiger partial charge in [0.2, 0.25) is 0 Å². The minimum atomic E-state index is -0.875. The fourth-order valence-electron chi connectivity index (χ4n) is 2.26. The summed E-state index contributed by atoms with van der Waals surface area (Å²) in [6, 6.07) is 1.81. The molecule has 1 aromatic carbocycles. The molecular weight excluding hydrogens is 281 g/mol. The average Bonchev–Trinajstić information content (AvgIpc) is 2.91. The number of nitro groups is 1. The number of halogens is 1. The molecule has 21 heavy (non-hydrogen) atoms. The van der Waals surface area contributed by atoms with Crippen molar-refractivity contribution in [1.29, 1.82) is 0 Å². The van der Waals surface area contributed by atoms with Crippen LogP contribution >= 0.6 is 0 Å².